The third-order valence-electron chi connectivity index (χ3n) is 3.87. The molecular weight excluding hydrogens is 182 g/mol. The SMILES string of the molecule is C#CC[N@@+]1(C)C(Cc2ccccc2)[C@@H]1C. The number of benzene rings is 1. The van der Waals surface area contributed by atoms with Crippen LogP contribution in [0.25, 0.3) is 0 Å². The Bertz CT molecular complexity index is 376. The highest BCUT2D eigenvalue weighted by atomic mass is 15.5. The molecule has 0 amide bonds. The van der Waals surface area contributed by atoms with Gasteiger partial charge in [-0.2, -0.15) is 0 Å². The van der Waals surface area contributed by atoms with Crippen molar-refractivity contribution in [3.63, 3.8) is 0 Å². The van der Waals surface area contributed by atoms with Crippen molar-refractivity contribution in [3.05, 3.63) is 35.9 Å². The first kappa shape index (κ1) is 10.3. The molecule has 2 rings (SSSR count). The molecule has 1 aromatic carbocycles. The molecule has 1 saturated heterocycles. The zero-order valence-corrected chi connectivity index (χ0v) is 9.48. The van der Waals surface area contributed by atoms with Crippen molar-refractivity contribution in [2.24, 2.45) is 0 Å². The maximum Gasteiger partial charge on any atom is 0.146 e. The summed E-state index contributed by atoms with van der Waals surface area (Å²) in [6, 6.07) is 12.1. The van der Waals surface area contributed by atoms with E-state index in [0.29, 0.717) is 12.1 Å². The standard InChI is InChI=1S/C14H18N/c1-4-10-15(3)12(2)14(15)11-13-8-6-5-7-9-13/h1,5-9,12,14H,10-11H2,2-3H3/q+1/t12-,14?,15+/m0/s1. The van der Waals surface area contributed by atoms with Crippen LogP contribution in [0.15, 0.2) is 30.3 Å². The highest BCUT2D eigenvalue weighted by molar-refractivity contribution is 5.17. The van der Waals surface area contributed by atoms with Gasteiger partial charge in [-0.15, -0.1) is 6.42 Å². The van der Waals surface area contributed by atoms with Crippen LogP contribution in [-0.2, 0) is 6.42 Å². The number of hydrogen-bond donors (Lipinski definition) is 0. The van der Waals surface area contributed by atoms with E-state index in [1.54, 1.807) is 0 Å². The second-order valence-corrected chi connectivity index (χ2v) is 4.71. The van der Waals surface area contributed by atoms with Crippen LogP contribution in [-0.4, -0.2) is 30.2 Å². The molecule has 1 fully saturated rings. The number of terminal acetylenes is 1. The number of rotatable bonds is 3. The average Bonchev–Trinajstić information content (AvgIpc) is 2.73. The second-order valence-electron chi connectivity index (χ2n) is 4.71. The quantitative estimate of drug-likeness (QED) is 0.398. The molecule has 0 radical (unpaired) electrons. The summed E-state index contributed by atoms with van der Waals surface area (Å²) in [6.45, 7) is 3.16. The van der Waals surface area contributed by atoms with Crippen LogP contribution < -0.4 is 0 Å². The van der Waals surface area contributed by atoms with Crippen LogP contribution in [0.5, 0.6) is 0 Å². The van der Waals surface area contributed by atoms with Gasteiger partial charge in [-0.1, -0.05) is 30.3 Å². The van der Waals surface area contributed by atoms with E-state index < -0.39 is 0 Å². The first-order valence-electron chi connectivity index (χ1n) is 5.51. The highest BCUT2D eigenvalue weighted by Gasteiger charge is 2.59. The molecule has 1 aliphatic rings. The van der Waals surface area contributed by atoms with Crippen LogP contribution in [0.2, 0.25) is 0 Å². The van der Waals surface area contributed by atoms with Crippen molar-refractivity contribution < 1.29 is 4.48 Å². The normalized spacial score (nSPS) is 33.4. The van der Waals surface area contributed by atoms with Crippen LogP contribution in [0.4, 0.5) is 0 Å². The Labute approximate surface area is 92.3 Å². The number of quaternary nitrogens is 1. The maximum absolute atomic E-state index is 5.41. The molecule has 1 heterocycles. The first-order chi connectivity index (χ1) is 7.18. The summed E-state index contributed by atoms with van der Waals surface area (Å²) in [5.74, 6) is 2.79. The minimum Gasteiger partial charge on any atom is -0.301 e. The number of nitrogens with zero attached hydrogens (tertiary/aromatic N) is 1. The lowest BCUT2D eigenvalue weighted by molar-refractivity contribution is -0.796. The molecule has 78 valence electrons. The first-order valence-corrected chi connectivity index (χ1v) is 5.51. The van der Waals surface area contributed by atoms with Gasteiger partial charge in [-0.25, -0.2) is 0 Å². The van der Waals surface area contributed by atoms with Gasteiger partial charge in [-0.05, 0) is 18.4 Å². The van der Waals surface area contributed by atoms with Crippen molar-refractivity contribution in [1.29, 1.82) is 0 Å². The summed E-state index contributed by atoms with van der Waals surface area (Å²) in [4.78, 5) is 0. The molecule has 1 heteroatoms. The molecule has 0 aromatic heterocycles. The lowest BCUT2D eigenvalue weighted by atomic mass is 10.1. The largest absolute Gasteiger partial charge is 0.301 e. The molecule has 1 unspecified atom stereocenters. The van der Waals surface area contributed by atoms with E-state index in [0.717, 1.165) is 17.4 Å². The van der Waals surface area contributed by atoms with Gasteiger partial charge >= 0.3 is 0 Å². The Balaban J connectivity index is 2.02. The van der Waals surface area contributed by atoms with Crippen molar-refractivity contribution in [2.45, 2.75) is 25.4 Å². The van der Waals surface area contributed by atoms with E-state index in [4.69, 9.17) is 6.42 Å². The predicted octanol–water partition coefficient (Wildman–Crippen LogP) is 2.08. The van der Waals surface area contributed by atoms with Gasteiger partial charge < -0.3 is 4.48 Å². The minimum atomic E-state index is 0.709. The Morgan fingerprint density at radius 2 is 2.00 bits per heavy atom. The third kappa shape index (κ3) is 1.78. The van der Waals surface area contributed by atoms with Gasteiger partial charge in [-0.3, -0.25) is 0 Å². The van der Waals surface area contributed by atoms with E-state index in [1.165, 1.54) is 5.56 Å². The van der Waals surface area contributed by atoms with Gasteiger partial charge in [0.2, 0.25) is 0 Å². The fourth-order valence-electron chi connectivity index (χ4n) is 2.49. The van der Waals surface area contributed by atoms with Crippen molar-refractivity contribution in [2.75, 3.05) is 13.6 Å². The van der Waals surface area contributed by atoms with Crippen LogP contribution in [0.3, 0.4) is 0 Å². The lowest BCUT2D eigenvalue weighted by Gasteiger charge is -2.11. The third-order valence-corrected chi connectivity index (χ3v) is 3.87. The van der Waals surface area contributed by atoms with E-state index >= 15 is 0 Å². The Hall–Kier alpha value is -1.26. The lowest BCUT2D eigenvalue weighted by Crippen LogP contribution is -2.25. The van der Waals surface area contributed by atoms with Gasteiger partial charge in [0.25, 0.3) is 0 Å². The maximum atomic E-state index is 5.41. The van der Waals surface area contributed by atoms with Gasteiger partial charge in [0.15, 0.2) is 0 Å². The Morgan fingerprint density at radius 3 is 2.60 bits per heavy atom. The monoisotopic (exact) mass is 200 g/mol. The molecule has 0 saturated carbocycles. The molecule has 0 bridgehead atoms. The van der Waals surface area contributed by atoms with Crippen LogP contribution >= 0.6 is 0 Å². The van der Waals surface area contributed by atoms with Gasteiger partial charge in [0.1, 0.15) is 18.6 Å². The number of likely N-dealkylation sites (N-methyl/N-ethyl adjacent to an activating group) is 1. The molecule has 0 N–H and O–H groups in total. The summed E-state index contributed by atoms with van der Waals surface area (Å²) in [6.07, 6.45) is 6.56. The number of hydrogen-bond acceptors (Lipinski definition) is 0. The van der Waals surface area contributed by atoms with Crippen LogP contribution in [0, 0.1) is 12.3 Å². The molecule has 1 aromatic rings. The second kappa shape index (κ2) is 3.72. The summed E-state index contributed by atoms with van der Waals surface area (Å²) in [5, 5.41) is 0. The smallest absolute Gasteiger partial charge is 0.146 e. The highest BCUT2D eigenvalue weighted by Crippen LogP contribution is 2.38. The van der Waals surface area contributed by atoms with E-state index in [9.17, 15) is 0 Å². The molecular formula is C14H18N+. The van der Waals surface area contributed by atoms with Crippen LogP contribution in [0.1, 0.15) is 12.5 Å². The fourth-order valence-corrected chi connectivity index (χ4v) is 2.49. The molecule has 3 atom stereocenters. The molecule has 15 heavy (non-hydrogen) atoms. The zero-order valence-electron chi connectivity index (χ0n) is 9.48. The Kier molecular flexibility index (Phi) is 2.54. The molecule has 0 spiro atoms. The minimum absolute atomic E-state index is 0.709. The zero-order chi connectivity index (χ0) is 10.9. The van der Waals surface area contributed by atoms with Crippen molar-refractivity contribution in [3.8, 4) is 12.3 Å². The van der Waals surface area contributed by atoms with E-state index in [-0.39, 0.29) is 0 Å². The van der Waals surface area contributed by atoms with E-state index in [1.807, 2.05) is 0 Å². The molecule has 0 aliphatic carbocycles. The molecule has 1 aliphatic heterocycles. The summed E-state index contributed by atoms with van der Waals surface area (Å²) in [5.41, 5.74) is 1.42. The van der Waals surface area contributed by atoms with Gasteiger partial charge in [0, 0.05) is 6.42 Å². The Morgan fingerprint density at radius 1 is 1.33 bits per heavy atom. The fraction of sp³-hybridized carbons (Fsp3) is 0.429. The summed E-state index contributed by atoms with van der Waals surface area (Å²) >= 11 is 0. The van der Waals surface area contributed by atoms with Gasteiger partial charge in [0.05, 0.1) is 7.05 Å². The summed E-state index contributed by atoms with van der Waals surface area (Å²) in [7, 11) is 2.26. The average molecular weight is 200 g/mol. The van der Waals surface area contributed by atoms with E-state index in [2.05, 4.69) is 50.2 Å². The summed E-state index contributed by atoms with van der Waals surface area (Å²) < 4.78 is 1.05. The predicted molar refractivity (Wildman–Crippen MR) is 63.3 cm³/mol. The van der Waals surface area contributed by atoms with Crippen molar-refractivity contribution >= 4 is 0 Å². The molecule has 1 nitrogen and oxygen atoms in total. The van der Waals surface area contributed by atoms with Crippen molar-refractivity contribution in [1.82, 2.24) is 0 Å². The topological polar surface area (TPSA) is 0 Å².